The zero-order valence-electron chi connectivity index (χ0n) is 22.4. The molecule has 0 N–H and O–H groups in total. The highest BCUT2D eigenvalue weighted by Crippen LogP contribution is 2.34. The Morgan fingerprint density at radius 3 is 1.67 bits per heavy atom. The van der Waals surface area contributed by atoms with Crippen molar-refractivity contribution >= 4 is 23.5 Å². The number of allylic oxidation sites excluding steroid dienone is 2. The Kier molecular flexibility index (Phi) is 15.9. The van der Waals surface area contributed by atoms with Crippen LogP contribution in [-0.2, 0) is 28.7 Å². The van der Waals surface area contributed by atoms with Crippen molar-refractivity contribution in [1.82, 2.24) is 9.80 Å². The first kappa shape index (κ1) is 31.7. The SMILES string of the molecule is C=CC(=O)CCC(CC)(CCC(=O)C=C)COC(=O)CCN1CCN(CCC(=O)OCCCC)CC1. The number of ether oxygens (including phenoxy) is 2. The molecule has 0 bridgehead atoms. The van der Waals surface area contributed by atoms with Gasteiger partial charge in [0.05, 0.1) is 26.1 Å². The van der Waals surface area contributed by atoms with Gasteiger partial charge in [-0.3, -0.25) is 19.2 Å². The standard InChI is InChI=1S/C28H46N2O6/c1-5-9-22-35-26(33)12-16-29-18-20-30(21-19-29)17-13-27(34)36-23-28(8-4,14-10-24(31)6-2)15-11-25(32)7-3/h6-7H,2-3,5,8-23H2,1,4H3. The van der Waals surface area contributed by atoms with E-state index in [1.54, 1.807) is 0 Å². The number of carbonyl (C=O) groups is 4. The second-order valence-electron chi connectivity index (χ2n) is 9.61. The van der Waals surface area contributed by atoms with Crippen LogP contribution in [0, 0.1) is 5.41 Å². The predicted octanol–water partition coefficient (Wildman–Crippen LogP) is 3.74. The Morgan fingerprint density at radius 2 is 1.25 bits per heavy atom. The molecule has 0 unspecified atom stereocenters. The van der Waals surface area contributed by atoms with Gasteiger partial charge in [-0.2, -0.15) is 0 Å². The Labute approximate surface area is 217 Å². The molecule has 0 aromatic carbocycles. The van der Waals surface area contributed by atoms with Crippen LogP contribution in [0.5, 0.6) is 0 Å². The van der Waals surface area contributed by atoms with Crippen LogP contribution in [0.2, 0.25) is 0 Å². The maximum absolute atomic E-state index is 12.5. The van der Waals surface area contributed by atoms with Crippen LogP contribution in [0.15, 0.2) is 25.3 Å². The van der Waals surface area contributed by atoms with Crippen LogP contribution >= 0.6 is 0 Å². The normalized spacial score (nSPS) is 14.7. The van der Waals surface area contributed by atoms with Crippen molar-refractivity contribution in [3.8, 4) is 0 Å². The summed E-state index contributed by atoms with van der Waals surface area (Å²) < 4.78 is 10.9. The van der Waals surface area contributed by atoms with Gasteiger partial charge in [-0.25, -0.2) is 0 Å². The molecular weight excluding hydrogens is 460 g/mol. The van der Waals surface area contributed by atoms with Gasteiger partial charge in [0.1, 0.15) is 0 Å². The summed E-state index contributed by atoms with van der Waals surface area (Å²) in [4.78, 5) is 52.4. The number of ketones is 2. The van der Waals surface area contributed by atoms with Crippen LogP contribution in [0.3, 0.4) is 0 Å². The first-order valence-corrected chi connectivity index (χ1v) is 13.3. The molecule has 204 valence electrons. The van der Waals surface area contributed by atoms with Crippen LogP contribution in [0.25, 0.3) is 0 Å². The lowest BCUT2D eigenvalue weighted by Crippen LogP contribution is -2.47. The molecule has 1 rings (SSSR count). The van der Waals surface area contributed by atoms with E-state index in [4.69, 9.17) is 9.47 Å². The minimum atomic E-state index is -0.420. The Morgan fingerprint density at radius 1 is 0.778 bits per heavy atom. The topological polar surface area (TPSA) is 93.2 Å². The summed E-state index contributed by atoms with van der Waals surface area (Å²) in [5.41, 5.74) is -0.420. The second kappa shape index (κ2) is 18.0. The number of nitrogens with zero attached hydrogens (tertiary/aromatic N) is 2. The number of rotatable bonds is 20. The minimum absolute atomic E-state index is 0.0540. The smallest absolute Gasteiger partial charge is 0.307 e. The fourth-order valence-corrected chi connectivity index (χ4v) is 4.15. The van der Waals surface area contributed by atoms with Gasteiger partial charge in [-0.1, -0.05) is 33.4 Å². The Balaban J connectivity index is 2.40. The molecule has 0 saturated carbocycles. The Bertz CT molecular complexity index is 704. The number of carbonyl (C=O) groups excluding carboxylic acids is 4. The number of esters is 2. The largest absolute Gasteiger partial charge is 0.466 e. The van der Waals surface area contributed by atoms with Gasteiger partial charge >= 0.3 is 11.9 Å². The monoisotopic (exact) mass is 506 g/mol. The van der Waals surface area contributed by atoms with E-state index < -0.39 is 5.41 Å². The van der Waals surface area contributed by atoms with Crippen molar-refractivity contribution in [2.75, 3.05) is 52.5 Å². The first-order valence-electron chi connectivity index (χ1n) is 13.3. The molecule has 0 amide bonds. The van der Waals surface area contributed by atoms with Crippen molar-refractivity contribution in [2.24, 2.45) is 5.41 Å². The van der Waals surface area contributed by atoms with E-state index in [-0.39, 0.29) is 30.1 Å². The molecule has 8 heteroatoms. The summed E-state index contributed by atoms with van der Waals surface area (Å²) in [7, 11) is 0. The van der Waals surface area contributed by atoms with E-state index in [1.807, 2.05) is 6.92 Å². The fourth-order valence-electron chi connectivity index (χ4n) is 4.15. The molecule has 0 aliphatic carbocycles. The lowest BCUT2D eigenvalue weighted by molar-refractivity contribution is -0.148. The van der Waals surface area contributed by atoms with Gasteiger partial charge in [0.2, 0.25) is 0 Å². The van der Waals surface area contributed by atoms with E-state index in [0.717, 1.165) is 39.0 Å². The maximum Gasteiger partial charge on any atom is 0.307 e. The molecule has 1 heterocycles. The van der Waals surface area contributed by atoms with E-state index in [1.165, 1.54) is 12.2 Å². The molecule has 0 aromatic heterocycles. The van der Waals surface area contributed by atoms with Crippen molar-refractivity contribution in [2.45, 2.75) is 71.6 Å². The van der Waals surface area contributed by atoms with E-state index >= 15 is 0 Å². The third-order valence-electron chi connectivity index (χ3n) is 7.04. The highest BCUT2D eigenvalue weighted by molar-refractivity contribution is 5.89. The van der Waals surface area contributed by atoms with Crippen LogP contribution < -0.4 is 0 Å². The summed E-state index contributed by atoms with van der Waals surface area (Å²) in [6, 6.07) is 0. The zero-order chi connectivity index (χ0) is 26.8. The lowest BCUT2D eigenvalue weighted by atomic mass is 9.76. The predicted molar refractivity (Wildman–Crippen MR) is 141 cm³/mol. The second-order valence-corrected chi connectivity index (χ2v) is 9.61. The first-order chi connectivity index (χ1) is 17.3. The highest BCUT2D eigenvalue weighted by atomic mass is 16.5. The molecule has 0 spiro atoms. The molecule has 8 nitrogen and oxygen atoms in total. The lowest BCUT2D eigenvalue weighted by Gasteiger charge is -2.34. The van der Waals surface area contributed by atoms with Gasteiger partial charge in [0, 0.05) is 57.5 Å². The Hall–Kier alpha value is -2.32. The number of hydrogen-bond acceptors (Lipinski definition) is 8. The van der Waals surface area contributed by atoms with Gasteiger partial charge in [-0.15, -0.1) is 0 Å². The van der Waals surface area contributed by atoms with Crippen molar-refractivity contribution < 1.29 is 28.7 Å². The summed E-state index contributed by atoms with van der Waals surface area (Å²) >= 11 is 0. The summed E-state index contributed by atoms with van der Waals surface area (Å²) in [6.45, 7) is 16.5. The molecule has 1 aliphatic rings. The summed E-state index contributed by atoms with van der Waals surface area (Å²) in [5.74, 6) is -0.516. The van der Waals surface area contributed by atoms with Crippen LogP contribution in [-0.4, -0.2) is 85.8 Å². The zero-order valence-corrected chi connectivity index (χ0v) is 22.4. The molecule has 0 atom stereocenters. The molecule has 0 radical (unpaired) electrons. The molecular formula is C28H46N2O6. The quantitative estimate of drug-likeness (QED) is 0.140. The van der Waals surface area contributed by atoms with Crippen molar-refractivity contribution in [3.05, 3.63) is 25.3 Å². The van der Waals surface area contributed by atoms with E-state index in [9.17, 15) is 19.2 Å². The van der Waals surface area contributed by atoms with Crippen LogP contribution in [0.4, 0.5) is 0 Å². The number of piperazine rings is 1. The number of unbranched alkanes of at least 4 members (excludes halogenated alkanes) is 1. The third-order valence-corrected chi connectivity index (χ3v) is 7.04. The van der Waals surface area contributed by atoms with Crippen LogP contribution in [0.1, 0.15) is 71.6 Å². The third kappa shape index (κ3) is 13.1. The van der Waals surface area contributed by atoms with E-state index in [2.05, 4.69) is 29.9 Å². The average Bonchev–Trinajstić information content (AvgIpc) is 2.90. The highest BCUT2D eigenvalue weighted by Gasteiger charge is 2.31. The molecule has 36 heavy (non-hydrogen) atoms. The molecule has 0 aromatic rings. The van der Waals surface area contributed by atoms with Gasteiger partial charge in [0.25, 0.3) is 0 Å². The summed E-state index contributed by atoms with van der Waals surface area (Å²) in [6.07, 6.45) is 7.64. The number of hydrogen-bond donors (Lipinski definition) is 0. The maximum atomic E-state index is 12.5. The van der Waals surface area contributed by atoms with Gasteiger partial charge < -0.3 is 19.3 Å². The molecule has 1 aliphatic heterocycles. The van der Waals surface area contributed by atoms with Crippen molar-refractivity contribution in [1.29, 1.82) is 0 Å². The van der Waals surface area contributed by atoms with Gasteiger partial charge in [0.15, 0.2) is 11.6 Å². The minimum Gasteiger partial charge on any atom is -0.466 e. The summed E-state index contributed by atoms with van der Waals surface area (Å²) in [5, 5.41) is 0. The molecule has 1 saturated heterocycles. The van der Waals surface area contributed by atoms with E-state index in [0.29, 0.717) is 64.6 Å². The molecule has 1 fully saturated rings. The van der Waals surface area contributed by atoms with Crippen molar-refractivity contribution in [3.63, 3.8) is 0 Å². The van der Waals surface area contributed by atoms with Gasteiger partial charge in [-0.05, 0) is 37.8 Å². The fraction of sp³-hybridized carbons (Fsp3) is 0.714. The average molecular weight is 507 g/mol.